The number of Topliss-reactive ketones (excluding diaryl/α,β-unsaturated/α-hetero) is 1. The number of nitrogens with one attached hydrogen (secondary N) is 1. The molecular formula is C11H12N4O3S. The Morgan fingerprint density at radius 2 is 2.21 bits per heavy atom. The molecule has 0 saturated carbocycles. The molecule has 0 bridgehead atoms. The number of ether oxygens (including phenoxy) is 1. The first-order valence-electron chi connectivity index (χ1n) is 5.61. The fourth-order valence-corrected chi connectivity index (χ4v) is 2.39. The fraction of sp³-hybridized carbons (Fsp3) is 0.364. The molecule has 2 heterocycles. The zero-order chi connectivity index (χ0) is 13.8. The van der Waals surface area contributed by atoms with Gasteiger partial charge in [0.05, 0.1) is 12.9 Å². The molecule has 0 aromatic carbocycles. The number of carbonyl (C=O) groups excluding carboxylic acids is 2. The van der Waals surface area contributed by atoms with Crippen LogP contribution in [0.4, 0.5) is 0 Å². The molecule has 1 N–H and O–H groups in total. The zero-order valence-electron chi connectivity index (χ0n) is 10.4. The Labute approximate surface area is 113 Å². The van der Waals surface area contributed by atoms with E-state index in [2.05, 4.69) is 19.9 Å². The number of hydrogen-bond acceptors (Lipinski definition) is 7. The molecule has 19 heavy (non-hydrogen) atoms. The molecule has 2 rings (SSSR count). The van der Waals surface area contributed by atoms with Crippen LogP contribution in [-0.2, 0) is 14.3 Å². The molecule has 0 aliphatic heterocycles. The van der Waals surface area contributed by atoms with Crippen molar-refractivity contribution in [2.24, 2.45) is 0 Å². The summed E-state index contributed by atoms with van der Waals surface area (Å²) < 4.78 is 4.88. The number of esters is 1. The third-order valence-electron chi connectivity index (χ3n) is 2.29. The van der Waals surface area contributed by atoms with Crippen molar-refractivity contribution in [3.63, 3.8) is 0 Å². The van der Waals surface area contributed by atoms with E-state index >= 15 is 0 Å². The summed E-state index contributed by atoms with van der Waals surface area (Å²) in [5.74, 6) is -0.846. The minimum atomic E-state index is -0.929. The van der Waals surface area contributed by atoms with Gasteiger partial charge in [0.15, 0.2) is 16.7 Å². The number of aromatic nitrogens is 4. The summed E-state index contributed by atoms with van der Waals surface area (Å²) in [6.07, 6.45) is 2.82. The lowest BCUT2D eigenvalue weighted by Gasteiger charge is -2.11. The minimum absolute atomic E-state index is 0.229. The number of nitrogens with zero attached hydrogens (tertiary/aromatic N) is 3. The first-order valence-corrected chi connectivity index (χ1v) is 6.49. The van der Waals surface area contributed by atoms with Crippen LogP contribution in [0.3, 0.4) is 0 Å². The molecule has 0 aliphatic rings. The Kier molecular flexibility index (Phi) is 4.10. The molecule has 100 valence electrons. The van der Waals surface area contributed by atoms with Crippen LogP contribution in [0.1, 0.15) is 13.8 Å². The summed E-state index contributed by atoms with van der Waals surface area (Å²) in [6, 6.07) is 0. The topological polar surface area (TPSA) is 97.8 Å². The van der Waals surface area contributed by atoms with Crippen molar-refractivity contribution in [1.82, 2.24) is 19.9 Å². The number of fused-ring (bicyclic) bond motifs is 1. The average Bonchev–Trinajstić information content (AvgIpc) is 2.84. The van der Waals surface area contributed by atoms with E-state index in [1.165, 1.54) is 19.6 Å². The maximum absolute atomic E-state index is 11.7. The zero-order valence-corrected chi connectivity index (χ0v) is 11.2. The number of aromatic amines is 1. The minimum Gasteiger partial charge on any atom is -0.465 e. The highest BCUT2D eigenvalue weighted by atomic mass is 32.2. The molecule has 0 radical (unpaired) electrons. The Bertz CT molecular complexity index is 613. The summed E-state index contributed by atoms with van der Waals surface area (Å²) in [7, 11) is 0. The Hall–Kier alpha value is -1.96. The van der Waals surface area contributed by atoms with Gasteiger partial charge in [-0.15, -0.1) is 0 Å². The van der Waals surface area contributed by atoms with E-state index in [9.17, 15) is 9.59 Å². The van der Waals surface area contributed by atoms with Gasteiger partial charge in [-0.3, -0.25) is 9.59 Å². The standard InChI is InChI=1S/C11H12N4O3S/c1-3-18-11(17)8(6(2)16)19-10-7-9(13-4-12-7)14-5-15-10/h4-5,8H,3H2,1-2H3,(H,12,13,14,15). The van der Waals surface area contributed by atoms with Gasteiger partial charge in [-0.1, -0.05) is 11.8 Å². The molecule has 0 saturated heterocycles. The largest absolute Gasteiger partial charge is 0.465 e. The Morgan fingerprint density at radius 1 is 1.42 bits per heavy atom. The Morgan fingerprint density at radius 3 is 2.89 bits per heavy atom. The van der Waals surface area contributed by atoms with Crippen molar-refractivity contribution in [3.8, 4) is 0 Å². The summed E-state index contributed by atoms with van der Waals surface area (Å²) >= 11 is 1.03. The molecule has 0 fully saturated rings. The van der Waals surface area contributed by atoms with E-state index in [1.54, 1.807) is 6.92 Å². The van der Waals surface area contributed by atoms with E-state index < -0.39 is 11.2 Å². The van der Waals surface area contributed by atoms with Crippen molar-refractivity contribution in [2.45, 2.75) is 24.1 Å². The van der Waals surface area contributed by atoms with Crippen LogP contribution in [0.15, 0.2) is 17.7 Å². The van der Waals surface area contributed by atoms with Gasteiger partial charge in [0.1, 0.15) is 16.9 Å². The van der Waals surface area contributed by atoms with Gasteiger partial charge < -0.3 is 9.72 Å². The van der Waals surface area contributed by atoms with Gasteiger partial charge in [0.2, 0.25) is 0 Å². The number of thioether (sulfide) groups is 1. The van der Waals surface area contributed by atoms with Crippen LogP contribution in [-0.4, -0.2) is 43.5 Å². The fourth-order valence-electron chi connectivity index (χ4n) is 1.46. The number of carbonyl (C=O) groups is 2. The van der Waals surface area contributed by atoms with Gasteiger partial charge in [0.25, 0.3) is 0 Å². The summed E-state index contributed by atoms with van der Waals surface area (Å²) in [5, 5.41) is -0.433. The van der Waals surface area contributed by atoms with Crippen molar-refractivity contribution in [3.05, 3.63) is 12.7 Å². The van der Waals surface area contributed by atoms with Crippen LogP contribution >= 0.6 is 11.8 Å². The second-order valence-corrected chi connectivity index (χ2v) is 4.73. The quantitative estimate of drug-likeness (QED) is 0.377. The maximum atomic E-state index is 11.7. The smallest absolute Gasteiger partial charge is 0.327 e. The monoisotopic (exact) mass is 280 g/mol. The van der Waals surface area contributed by atoms with Crippen molar-refractivity contribution in [2.75, 3.05) is 6.61 Å². The first kappa shape index (κ1) is 13.5. The van der Waals surface area contributed by atoms with Crippen LogP contribution in [0.5, 0.6) is 0 Å². The van der Waals surface area contributed by atoms with E-state index in [0.717, 1.165) is 11.8 Å². The lowest BCUT2D eigenvalue weighted by molar-refractivity contribution is -0.144. The van der Waals surface area contributed by atoms with E-state index in [-0.39, 0.29) is 12.4 Å². The number of imidazole rings is 1. The van der Waals surface area contributed by atoms with E-state index in [0.29, 0.717) is 16.2 Å². The summed E-state index contributed by atoms with van der Waals surface area (Å²) in [5.41, 5.74) is 1.09. The van der Waals surface area contributed by atoms with Crippen LogP contribution in [0.25, 0.3) is 11.2 Å². The number of rotatable bonds is 5. The van der Waals surface area contributed by atoms with Gasteiger partial charge in [-0.25, -0.2) is 15.0 Å². The molecule has 2 aromatic heterocycles. The van der Waals surface area contributed by atoms with Crippen molar-refractivity contribution in [1.29, 1.82) is 0 Å². The van der Waals surface area contributed by atoms with Gasteiger partial charge in [0, 0.05) is 0 Å². The third-order valence-corrected chi connectivity index (χ3v) is 3.58. The molecule has 0 amide bonds. The van der Waals surface area contributed by atoms with Crippen LogP contribution in [0, 0.1) is 0 Å². The number of ketones is 1. The summed E-state index contributed by atoms with van der Waals surface area (Å²) in [6.45, 7) is 3.27. The predicted octanol–water partition coefficient (Wildman–Crippen LogP) is 0.966. The highest BCUT2D eigenvalue weighted by molar-refractivity contribution is 8.01. The lowest BCUT2D eigenvalue weighted by atomic mass is 10.3. The van der Waals surface area contributed by atoms with Gasteiger partial charge >= 0.3 is 5.97 Å². The highest BCUT2D eigenvalue weighted by Gasteiger charge is 2.27. The van der Waals surface area contributed by atoms with E-state index in [4.69, 9.17) is 4.74 Å². The molecule has 0 aliphatic carbocycles. The van der Waals surface area contributed by atoms with Gasteiger partial charge in [-0.2, -0.15) is 0 Å². The van der Waals surface area contributed by atoms with Crippen LogP contribution in [0.2, 0.25) is 0 Å². The number of H-pyrrole nitrogens is 1. The predicted molar refractivity (Wildman–Crippen MR) is 68.6 cm³/mol. The molecule has 8 heteroatoms. The SMILES string of the molecule is CCOC(=O)C(Sc1ncnc2nc[nH]c12)C(C)=O. The second kappa shape index (κ2) is 5.79. The molecule has 1 atom stereocenters. The van der Waals surface area contributed by atoms with Gasteiger partial charge in [-0.05, 0) is 13.8 Å². The van der Waals surface area contributed by atoms with Crippen molar-refractivity contribution >= 4 is 34.7 Å². The normalized spacial score (nSPS) is 12.3. The summed E-state index contributed by atoms with van der Waals surface area (Å²) in [4.78, 5) is 38.2. The Balaban J connectivity index is 2.28. The molecule has 1 unspecified atom stereocenters. The lowest BCUT2D eigenvalue weighted by Crippen LogP contribution is -2.27. The molecule has 2 aromatic rings. The molecular weight excluding hydrogens is 268 g/mol. The maximum Gasteiger partial charge on any atom is 0.327 e. The second-order valence-electron chi connectivity index (χ2n) is 3.64. The van der Waals surface area contributed by atoms with E-state index in [1.807, 2.05) is 0 Å². The van der Waals surface area contributed by atoms with Crippen LogP contribution < -0.4 is 0 Å². The van der Waals surface area contributed by atoms with Crippen molar-refractivity contribution < 1.29 is 14.3 Å². The number of hydrogen-bond donors (Lipinski definition) is 1. The first-order chi connectivity index (χ1) is 9.13. The average molecular weight is 280 g/mol. The molecule has 7 nitrogen and oxygen atoms in total. The highest BCUT2D eigenvalue weighted by Crippen LogP contribution is 2.27. The molecule has 0 spiro atoms. The third kappa shape index (κ3) is 2.90.